The van der Waals surface area contributed by atoms with Crippen molar-refractivity contribution in [2.45, 2.75) is 45.3 Å². The molecule has 2 aromatic rings. The predicted molar refractivity (Wildman–Crippen MR) is 102 cm³/mol. The highest BCUT2D eigenvalue weighted by molar-refractivity contribution is 7.89. The molecule has 0 aliphatic heterocycles. The minimum atomic E-state index is -4.52. The van der Waals surface area contributed by atoms with Crippen LogP contribution < -0.4 is 5.32 Å². The van der Waals surface area contributed by atoms with Gasteiger partial charge in [0.25, 0.3) is 0 Å². The maximum Gasteiger partial charge on any atom is 0.416 e. The molecule has 0 spiro atoms. The largest absolute Gasteiger partial charge is 0.416 e. The highest BCUT2D eigenvalue weighted by Crippen LogP contribution is 2.30. The normalized spacial score (nSPS) is 12.4. The number of aromatic nitrogens is 2. The third kappa shape index (κ3) is 4.96. The van der Waals surface area contributed by atoms with Gasteiger partial charge in [-0.05, 0) is 32.0 Å². The molecular formula is C18H23F3N4O3S. The van der Waals surface area contributed by atoms with E-state index in [1.54, 1.807) is 13.8 Å². The molecule has 0 fully saturated rings. The van der Waals surface area contributed by atoms with Gasteiger partial charge in [-0.1, -0.05) is 19.9 Å². The number of carbonyl (C=O) groups is 1. The Morgan fingerprint density at radius 1 is 1.21 bits per heavy atom. The molecule has 1 N–H and O–H groups in total. The predicted octanol–water partition coefficient (Wildman–Crippen LogP) is 3.19. The molecular weight excluding hydrogens is 409 g/mol. The second kappa shape index (κ2) is 8.54. The molecule has 0 aliphatic rings. The summed E-state index contributed by atoms with van der Waals surface area (Å²) in [6, 6.07) is 4.26. The Kier molecular flexibility index (Phi) is 6.74. The van der Waals surface area contributed by atoms with Gasteiger partial charge in [0.15, 0.2) is 0 Å². The number of hydrogen-bond acceptors (Lipinski definition) is 4. The summed E-state index contributed by atoms with van der Waals surface area (Å²) in [7, 11) is -3.77. The van der Waals surface area contributed by atoms with E-state index in [0.717, 1.165) is 12.1 Å². The second-order valence-electron chi connectivity index (χ2n) is 6.37. The summed E-state index contributed by atoms with van der Waals surface area (Å²) in [5, 5.41) is 6.52. The maximum absolute atomic E-state index is 12.8. The van der Waals surface area contributed by atoms with Crippen molar-refractivity contribution < 1.29 is 26.4 Å². The van der Waals surface area contributed by atoms with Gasteiger partial charge in [0.2, 0.25) is 15.9 Å². The van der Waals surface area contributed by atoms with Crippen molar-refractivity contribution >= 4 is 21.6 Å². The Balaban J connectivity index is 2.25. The fourth-order valence-electron chi connectivity index (χ4n) is 3.01. The maximum atomic E-state index is 12.8. The van der Waals surface area contributed by atoms with Gasteiger partial charge in [-0.25, -0.2) is 8.42 Å². The molecule has 1 aromatic heterocycles. The number of anilines is 1. The summed E-state index contributed by atoms with van der Waals surface area (Å²) in [5.74, 6) is -0.623. The second-order valence-corrected chi connectivity index (χ2v) is 8.25. The van der Waals surface area contributed by atoms with Crippen LogP contribution in [0, 0.1) is 13.8 Å². The third-order valence-corrected chi connectivity index (χ3v) is 6.69. The highest BCUT2D eigenvalue weighted by Gasteiger charge is 2.31. The molecule has 1 aromatic carbocycles. The van der Waals surface area contributed by atoms with Crippen LogP contribution >= 0.6 is 0 Å². The van der Waals surface area contributed by atoms with Crippen LogP contribution in [-0.2, 0) is 27.5 Å². The van der Waals surface area contributed by atoms with Crippen LogP contribution in [0.15, 0.2) is 29.2 Å². The van der Waals surface area contributed by atoms with Gasteiger partial charge < -0.3 is 5.32 Å². The average Bonchev–Trinajstić information content (AvgIpc) is 2.89. The number of aryl methyl sites for hydroxylation is 1. The summed E-state index contributed by atoms with van der Waals surface area (Å²) in [6.45, 7) is 6.75. The lowest BCUT2D eigenvalue weighted by atomic mass is 10.2. The van der Waals surface area contributed by atoms with Crippen LogP contribution in [0.3, 0.4) is 0 Å². The smallest absolute Gasteiger partial charge is 0.324 e. The number of carbonyl (C=O) groups excluding carboxylic acids is 1. The number of sulfonamides is 1. The monoisotopic (exact) mass is 432 g/mol. The summed E-state index contributed by atoms with van der Waals surface area (Å²) < 4.78 is 66.6. The van der Waals surface area contributed by atoms with Crippen molar-refractivity contribution in [3.05, 3.63) is 41.2 Å². The number of nitrogens with one attached hydrogen (secondary N) is 1. The van der Waals surface area contributed by atoms with E-state index in [4.69, 9.17) is 0 Å². The molecule has 0 atom stereocenters. The molecule has 0 unspecified atom stereocenters. The molecule has 0 saturated heterocycles. The number of amides is 1. The van der Waals surface area contributed by atoms with E-state index in [1.807, 2.05) is 0 Å². The summed E-state index contributed by atoms with van der Waals surface area (Å²) in [6.07, 6.45) is -4.52. The Morgan fingerprint density at radius 3 is 2.38 bits per heavy atom. The number of hydrogen-bond donors (Lipinski definition) is 1. The summed E-state index contributed by atoms with van der Waals surface area (Å²) in [4.78, 5) is 12.3. The molecule has 1 heterocycles. The summed E-state index contributed by atoms with van der Waals surface area (Å²) >= 11 is 0. The lowest BCUT2D eigenvalue weighted by Gasteiger charge is -2.18. The van der Waals surface area contributed by atoms with E-state index in [2.05, 4.69) is 10.4 Å². The lowest BCUT2D eigenvalue weighted by molar-refractivity contribution is -0.137. The van der Waals surface area contributed by atoms with Gasteiger partial charge in [-0.15, -0.1) is 0 Å². The van der Waals surface area contributed by atoms with Crippen LogP contribution in [0.1, 0.15) is 30.8 Å². The Bertz CT molecular complexity index is 996. The van der Waals surface area contributed by atoms with E-state index < -0.39 is 27.7 Å². The van der Waals surface area contributed by atoms with E-state index in [9.17, 15) is 26.4 Å². The minimum Gasteiger partial charge on any atom is -0.324 e. The first-order valence-electron chi connectivity index (χ1n) is 8.93. The lowest BCUT2D eigenvalue weighted by Crippen LogP contribution is -2.31. The Morgan fingerprint density at radius 2 is 1.83 bits per heavy atom. The van der Waals surface area contributed by atoms with Gasteiger partial charge >= 0.3 is 6.18 Å². The molecule has 0 saturated carbocycles. The molecule has 160 valence electrons. The number of rotatable bonds is 7. The van der Waals surface area contributed by atoms with Gasteiger partial charge in [0.05, 0.1) is 17.0 Å². The zero-order valence-electron chi connectivity index (χ0n) is 16.5. The van der Waals surface area contributed by atoms with E-state index in [-0.39, 0.29) is 28.5 Å². The van der Waals surface area contributed by atoms with Gasteiger partial charge in [-0.3, -0.25) is 9.48 Å². The molecule has 29 heavy (non-hydrogen) atoms. The van der Waals surface area contributed by atoms with E-state index >= 15 is 0 Å². The molecule has 2 rings (SSSR count). The van der Waals surface area contributed by atoms with Crippen LogP contribution in [0.2, 0.25) is 0 Å². The fraction of sp³-hybridized carbons (Fsp3) is 0.444. The average molecular weight is 432 g/mol. The SMILES string of the molecule is CCN(CC)S(=O)(=O)c1c(C)nn(CC(=O)Nc2cccc(C(F)(F)F)c2)c1C. The molecule has 0 bridgehead atoms. The standard InChI is InChI=1S/C18H23F3N4O3S/c1-5-24(6-2)29(27,28)17-12(3)23-25(13(17)4)11-16(26)22-15-9-7-8-14(10-15)18(19,20)21/h7-10H,5-6,11H2,1-4H3,(H,22,26). The van der Waals surface area contributed by atoms with E-state index in [0.29, 0.717) is 13.1 Å². The van der Waals surface area contributed by atoms with Crippen LogP contribution in [0.4, 0.5) is 18.9 Å². The van der Waals surface area contributed by atoms with Crippen molar-refractivity contribution in [1.82, 2.24) is 14.1 Å². The van der Waals surface area contributed by atoms with Gasteiger partial charge in [-0.2, -0.15) is 22.6 Å². The molecule has 0 radical (unpaired) electrons. The minimum absolute atomic E-state index is 0.0117. The van der Waals surface area contributed by atoms with Gasteiger partial charge in [0.1, 0.15) is 11.4 Å². The van der Waals surface area contributed by atoms with Crippen molar-refractivity contribution in [2.24, 2.45) is 0 Å². The Hall–Kier alpha value is -2.40. The first kappa shape index (κ1) is 22.9. The van der Waals surface area contributed by atoms with Crippen molar-refractivity contribution in [1.29, 1.82) is 0 Å². The first-order chi connectivity index (χ1) is 13.4. The Labute approximate surface area is 167 Å². The number of benzene rings is 1. The van der Waals surface area contributed by atoms with Crippen LogP contribution in [-0.4, -0.2) is 41.5 Å². The van der Waals surface area contributed by atoms with Crippen molar-refractivity contribution in [3.63, 3.8) is 0 Å². The zero-order chi connectivity index (χ0) is 22.0. The van der Waals surface area contributed by atoms with Crippen molar-refractivity contribution in [2.75, 3.05) is 18.4 Å². The highest BCUT2D eigenvalue weighted by atomic mass is 32.2. The molecule has 1 amide bonds. The first-order valence-corrected chi connectivity index (χ1v) is 10.4. The number of nitrogens with zero attached hydrogens (tertiary/aromatic N) is 3. The fourth-order valence-corrected chi connectivity index (χ4v) is 4.84. The van der Waals surface area contributed by atoms with E-state index in [1.165, 1.54) is 35.0 Å². The zero-order valence-corrected chi connectivity index (χ0v) is 17.4. The molecule has 11 heteroatoms. The summed E-state index contributed by atoms with van der Waals surface area (Å²) in [5.41, 5.74) is -0.355. The molecule has 0 aliphatic carbocycles. The van der Waals surface area contributed by atoms with Crippen LogP contribution in [0.5, 0.6) is 0 Å². The number of halogens is 3. The third-order valence-electron chi connectivity index (χ3n) is 4.39. The topological polar surface area (TPSA) is 84.3 Å². The number of alkyl halides is 3. The molecule has 7 nitrogen and oxygen atoms in total. The van der Waals surface area contributed by atoms with Gasteiger partial charge in [0, 0.05) is 18.8 Å². The quantitative estimate of drug-likeness (QED) is 0.728. The van der Waals surface area contributed by atoms with Crippen molar-refractivity contribution in [3.8, 4) is 0 Å². The van der Waals surface area contributed by atoms with Crippen LogP contribution in [0.25, 0.3) is 0 Å².